The summed E-state index contributed by atoms with van der Waals surface area (Å²) < 4.78 is 5.65. The van der Waals surface area contributed by atoms with Crippen LogP contribution in [0.4, 0.5) is 5.69 Å². The molecule has 0 bridgehead atoms. The lowest BCUT2D eigenvalue weighted by Gasteiger charge is -2.17. The van der Waals surface area contributed by atoms with Crippen LogP contribution in [0.5, 0.6) is 5.75 Å². The number of anilines is 1. The van der Waals surface area contributed by atoms with E-state index in [1.807, 2.05) is 50.2 Å². The largest absolute Gasteiger partial charge is 0.491 e. The third kappa shape index (κ3) is 4.50. The Morgan fingerprint density at radius 2 is 1.76 bits per heavy atom. The highest BCUT2D eigenvalue weighted by Gasteiger charge is 2.06. The average molecular weight is 285 g/mol. The number of hydrogen-bond donors (Lipinski definition) is 2. The Labute approximate surface area is 126 Å². The van der Waals surface area contributed by atoms with Crippen molar-refractivity contribution < 1.29 is 9.84 Å². The molecule has 2 aromatic rings. The molecule has 1 atom stereocenters. The van der Waals surface area contributed by atoms with E-state index in [2.05, 4.69) is 24.4 Å². The van der Waals surface area contributed by atoms with Crippen molar-refractivity contribution in [1.29, 1.82) is 0 Å². The van der Waals surface area contributed by atoms with Gasteiger partial charge in [-0.15, -0.1) is 0 Å². The first kappa shape index (κ1) is 15.4. The van der Waals surface area contributed by atoms with Gasteiger partial charge in [0.15, 0.2) is 0 Å². The summed E-state index contributed by atoms with van der Waals surface area (Å²) in [5.41, 5.74) is 3.12. The molecule has 0 amide bonds. The highest BCUT2D eigenvalue weighted by Crippen LogP contribution is 2.22. The molecule has 0 aliphatic heterocycles. The maximum atomic E-state index is 9.17. The summed E-state index contributed by atoms with van der Waals surface area (Å²) in [5, 5.41) is 12.6. The van der Waals surface area contributed by atoms with Crippen molar-refractivity contribution in [2.24, 2.45) is 0 Å². The van der Waals surface area contributed by atoms with Crippen molar-refractivity contribution in [3.05, 3.63) is 59.7 Å². The molecule has 0 radical (unpaired) electrons. The Kier molecular flexibility index (Phi) is 5.23. The fourth-order valence-electron chi connectivity index (χ4n) is 2.20. The first-order chi connectivity index (χ1) is 10.1. The van der Waals surface area contributed by atoms with Gasteiger partial charge in [-0.05, 0) is 56.2 Å². The molecular formula is C18H23NO2. The molecule has 112 valence electrons. The lowest BCUT2D eigenvalue weighted by molar-refractivity contribution is 0.242. The average Bonchev–Trinajstić information content (AvgIpc) is 2.47. The highest BCUT2D eigenvalue weighted by atomic mass is 16.5. The van der Waals surface area contributed by atoms with Crippen LogP contribution in [0.25, 0.3) is 0 Å². The molecule has 0 aromatic heterocycles. The van der Waals surface area contributed by atoms with Crippen LogP contribution in [0, 0.1) is 0 Å². The smallest absolute Gasteiger partial charge is 0.119 e. The van der Waals surface area contributed by atoms with E-state index < -0.39 is 0 Å². The van der Waals surface area contributed by atoms with Gasteiger partial charge >= 0.3 is 0 Å². The fraction of sp³-hybridized carbons (Fsp3) is 0.333. The van der Waals surface area contributed by atoms with Crippen LogP contribution >= 0.6 is 0 Å². The van der Waals surface area contributed by atoms with Gasteiger partial charge in [-0.3, -0.25) is 0 Å². The van der Waals surface area contributed by atoms with Gasteiger partial charge in [-0.1, -0.05) is 24.3 Å². The second-order valence-electron chi connectivity index (χ2n) is 5.46. The lowest BCUT2D eigenvalue weighted by atomic mass is 10.1. The van der Waals surface area contributed by atoms with E-state index in [0.717, 1.165) is 17.0 Å². The van der Waals surface area contributed by atoms with Crippen molar-refractivity contribution in [2.45, 2.75) is 39.5 Å². The van der Waals surface area contributed by atoms with Crippen LogP contribution in [0.2, 0.25) is 0 Å². The number of ether oxygens (including phenoxy) is 1. The molecule has 0 heterocycles. The van der Waals surface area contributed by atoms with Gasteiger partial charge in [-0.25, -0.2) is 0 Å². The second kappa shape index (κ2) is 7.14. The van der Waals surface area contributed by atoms with Gasteiger partial charge in [0.1, 0.15) is 5.75 Å². The van der Waals surface area contributed by atoms with E-state index in [-0.39, 0.29) is 18.8 Å². The fourth-order valence-corrected chi connectivity index (χ4v) is 2.20. The minimum atomic E-state index is 0.0607. The molecule has 0 aliphatic carbocycles. The molecule has 2 rings (SSSR count). The summed E-state index contributed by atoms with van der Waals surface area (Å²) in [6, 6.07) is 16.2. The number of benzene rings is 2. The highest BCUT2D eigenvalue weighted by molar-refractivity contribution is 5.47. The molecule has 2 aromatic carbocycles. The van der Waals surface area contributed by atoms with Gasteiger partial charge < -0.3 is 15.2 Å². The Morgan fingerprint density at radius 1 is 1.05 bits per heavy atom. The zero-order chi connectivity index (χ0) is 15.2. The summed E-state index contributed by atoms with van der Waals surface area (Å²) in [5.74, 6) is 0.892. The van der Waals surface area contributed by atoms with Crippen LogP contribution in [0.3, 0.4) is 0 Å². The Bertz CT molecular complexity index is 564. The van der Waals surface area contributed by atoms with E-state index in [9.17, 15) is 5.11 Å². The van der Waals surface area contributed by atoms with E-state index in [1.54, 1.807) is 0 Å². The lowest BCUT2D eigenvalue weighted by Crippen LogP contribution is -2.08. The van der Waals surface area contributed by atoms with Gasteiger partial charge in [0.25, 0.3) is 0 Å². The third-order valence-electron chi connectivity index (χ3n) is 3.24. The zero-order valence-electron chi connectivity index (χ0n) is 12.8. The summed E-state index contributed by atoms with van der Waals surface area (Å²) in [7, 11) is 0. The molecule has 2 N–H and O–H groups in total. The van der Waals surface area contributed by atoms with Gasteiger partial charge in [0, 0.05) is 11.7 Å². The van der Waals surface area contributed by atoms with Crippen molar-refractivity contribution >= 4 is 5.69 Å². The molecule has 0 saturated heterocycles. The van der Waals surface area contributed by atoms with Crippen molar-refractivity contribution in [2.75, 3.05) is 5.32 Å². The van der Waals surface area contributed by atoms with E-state index in [0.29, 0.717) is 0 Å². The first-order valence-corrected chi connectivity index (χ1v) is 7.31. The van der Waals surface area contributed by atoms with Crippen LogP contribution in [-0.4, -0.2) is 11.2 Å². The van der Waals surface area contributed by atoms with Crippen molar-refractivity contribution in [3.8, 4) is 5.75 Å². The molecule has 0 saturated carbocycles. The number of hydrogen-bond acceptors (Lipinski definition) is 3. The molecule has 3 heteroatoms. The molecule has 0 spiro atoms. The molecule has 0 aliphatic rings. The van der Waals surface area contributed by atoms with Crippen LogP contribution < -0.4 is 10.1 Å². The van der Waals surface area contributed by atoms with E-state index in [1.165, 1.54) is 5.56 Å². The summed E-state index contributed by atoms with van der Waals surface area (Å²) in [6.07, 6.45) is 0.188. The zero-order valence-corrected chi connectivity index (χ0v) is 12.8. The normalized spacial score (nSPS) is 12.2. The van der Waals surface area contributed by atoms with Crippen LogP contribution in [0.1, 0.15) is 37.9 Å². The predicted molar refractivity (Wildman–Crippen MR) is 86.6 cm³/mol. The Hall–Kier alpha value is -2.00. The summed E-state index contributed by atoms with van der Waals surface area (Å²) >= 11 is 0. The minimum Gasteiger partial charge on any atom is -0.491 e. The van der Waals surface area contributed by atoms with Crippen molar-refractivity contribution in [1.82, 2.24) is 0 Å². The summed E-state index contributed by atoms with van der Waals surface area (Å²) in [4.78, 5) is 0. The monoisotopic (exact) mass is 285 g/mol. The molecular weight excluding hydrogens is 262 g/mol. The van der Waals surface area contributed by atoms with Gasteiger partial charge in [0.2, 0.25) is 0 Å². The van der Waals surface area contributed by atoms with Gasteiger partial charge in [-0.2, -0.15) is 0 Å². The number of nitrogens with one attached hydrogen (secondary N) is 1. The topological polar surface area (TPSA) is 41.5 Å². The third-order valence-corrected chi connectivity index (χ3v) is 3.24. The standard InChI is InChI=1S/C18H23NO2/c1-13(2)21-18-9-7-16(8-10-18)14(3)19-17-6-4-5-15(11-17)12-20/h4-11,13-14,19-20H,12H2,1-3H3. The summed E-state index contributed by atoms with van der Waals surface area (Å²) in [6.45, 7) is 6.22. The maximum Gasteiger partial charge on any atom is 0.119 e. The quantitative estimate of drug-likeness (QED) is 0.838. The molecule has 0 fully saturated rings. The van der Waals surface area contributed by atoms with Gasteiger partial charge in [0.05, 0.1) is 12.7 Å². The number of rotatable bonds is 6. The SMILES string of the molecule is CC(C)Oc1ccc(C(C)Nc2cccc(CO)c2)cc1. The molecule has 21 heavy (non-hydrogen) atoms. The Balaban J connectivity index is 2.03. The second-order valence-corrected chi connectivity index (χ2v) is 5.46. The number of aliphatic hydroxyl groups is 1. The molecule has 3 nitrogen and oxygen atoms in total. The van der Waals surface area contributed by atoms with Crippen LogP contribution in [0.15, 0.2) is 48.5 Å². The maximum absolute atomic E-state index is 9.17. The van der Waals surface area contributed by atoms with E-state index in [4.69, 9.17) is 4.74 Å². The predicted octanol–water partition coefficient (Wildman–Crippen LogP) is 4.14. The van der Waals surface area contributed by atoms with Crippen molar-refractivity contribution in [3.63, 3.8) is 0 Å². The molecule has 1 unspecified atom stereocenters. The van der Waals surface area contributed by atoms with Crippen LogP contribution in [-0.2, 0) is 6.61 Å². The number of aliphatic hydroxyl groups excluding tert-OH is 1. The Morgan fingerprint density at radius 3 is 2.38 bits per heavy atom. The minimum absolute atomic E-state index is 0.0607. The first-order valence-electron chi connectivity index (χ1n) is 7.31. The van der Waals surface area contributed by atoms with E-state index >= 15 is 0 Å².